The van der Waals surface area contributed by atoms with Crippen molar-refractivity contribution in [3.63, 3.8) is 0 Å². The highest BCUT2D eigenvalue weighted by atomic mass is 16.1. The molecule has 0 N–H and O–H groups in total. The standard InChI is InChI=1S/C14H13N3O/c1-10(18)14-9-17(11(2)16-14)8-13-6-4-3-5-12(13)7-15/h3-6,9H,8H2,1-2H3. The summed E-state index contributed by atoms with van der Waals surface area (Å²) in [5.74, 6) is 0.721. The third-order valence-corrected chi connectivity index (χ3v) is 2.82. The summed E-state index contributed by atoms with van der Waals surface area (Å²) in [7, 11) is 0. The van der Waals surface area contributed by atoms with Crippen LogP contribution in [0.5, 0.6) is 0 Å². The lowest BCUT2D eigenvalue weighted by Crippen LogP contribution is -2.02. The first-order valence-electron chi connectivity index (χ1n) is 5.64. The SMILES string of the molecule is CC(=O)c1cn(Cc2ccccc2C#N)c(C)n1. The highest BCUT2D eigenvalue weighted by Gasteiger charge is 2.09. The lowest BCUT2D eigenvalue weighted by Gasteiger charge is -2.06. The minimum absolute atomic E-state index is 0.0505. The number of aromatic nitrogens is 2. The molecule has 0 spiro atoms. The molecule has 4 heteroatoms. The fourth-order valence-electron chi connectivity index (χ4n) is 1.79. The van der Waals surface area contributed by atoms with Crippen molar-refractivity contribution >= 4 is 5.78 Å². The Morgan fingerprint density at radius 2 is 2.17 bits per heavy atom. The molecule has 2 rings (SSSR count). The van der Waals surface area contributed by atoms with Crippen molar-refractivity contribution in [2.75, 3.05) is 0 Å². The smallest absolute Gasteiger partial charge is 0.179 e. The van der Waals surface area contributed by atoms with Crippen LogP contribution in [0, 0.1) is 18.3 Å². The Bertz CT molecular complexity index is 635. The predicted molar refractivity (Wildman–Crippen MR) is 67.2 cm³/mol. The largest absolute Gasteiger partial charge is 0.330 e. The van der Waals surface area contributed by atoms with Crippen LogP contribution >= 0.6 is 0 Å². The lowest BCUT2D eigenvalue weighted by atomic mass is 10.1. The minimum Gasteiger partial charge on any atom is -0.330 e. The Balaban J connectivity index is 2.35. The molecule has 1 aromatic heterocycles. The van der Waals surface area contributed by atoms with Crippen molar-refractivity contribution in [2.45, 2.75) is 20.4 Å². The molecule has 90 valence electrons. The fourth-order valence-corrected chi connectivity index (χ4v) is 1.79. The van der Waals surface area contributed by atoms with Gasteiger partial charge >= 0.3 is 0 Å². The van der Waals surface area contributed by atoms with E-state index in [-0.39, 0.29) is 5.78 Å². The molecule has 1 aromatic carbocycles. The van der Waals surface area contributed by atoms with Gasteiger partial charge in [-0.1, -0.05) is 18.2 Å². The van der Waals surface area contributed by atoms with Crippen molar-refractivity contribution < 1.29 is 4.79 Å². The molecule has 0 saturated heterocycles. The van der Waals surface area contributed by atoms with E-state index in [0.717, 1.165) is 11.4 Å². The van der Waals surface area contributed by atoms with Crippen LogP contribution < -0.4 is 0 Å². The lowest BCUT2D eigenvalue weighted by molar-refractivity contribution is 0.101. The van der Waals surface area contributed by atoms with Gasteiger partial charge in [-0.2, -0.15) is 5.26 Å². The molecule has 0 fully saturated rings. The van der Waals surface area contributed by atoms with Crippen molar-refractivity contribution in [1.82, 2.24) is 9.55 Å². The van der Waals surface area contributed by atoms with Gasteiger partial charge in [-0.15, -0.1) is 0 Å². The highest BCUT2D eigenvalue weighted by molar-refractivity contribution is 5.91. The number of hydrogen-bond donors (Lipinski definition) is 0. The second-order valence-electron chi connectivity index (χ2n) is 4.13. The van der Waals surface area contributed by atoms with E-state index in [4.69, 9.17) is 5.26 Å². The van der Waals surface area contributed by atoms with Gasteiger partial charge in [0.15, 0.2) is 5.78 Å². The van der Waals surface area contributed by atoms with Gasteiger partial charge in [0, 0.05) is 13.1 Å². The normalized spacial score (nSPS) is 10.1. The summed E-state index contributed by atoms with van der Waals surface area (Å²) >= 11 is 0. The maximum absolute atomic E-state index is 11.3. The fraction of sp³-hybridized carbons (Fsp3) is 0.214. The van der Waals surface area contributed by atoms with Crippen molar-refractivity contribution in [3.8, 4) is 6.07 Å². The van der Waals surface area contributed by atoms with Gasteiger partial charge in [0.05, 0.1) is 18.2 Å². The van der Waals surface area contributed by atoms with E-state index in [2.05, 4.69) is 11.1 Å². The molecule has 0 saturated carbocycles. The molecule has 0 aliphatic carbocycles. The summed E-state index contributed by atoms with van der Waals surface area (Å²) in [6.45, 7) is 3.90. The zero-order valence-corrected chi connectivity index (χ0v) is 10.3. The molecule has 0 aliphatic rings. The first kappa shape index (κ1) is 12.1. The molecular formula is C14H13N3O. The molecule has 4 nitrogen and oxygen atoms in total. The number of carbonyl (C=O) groups is 1. The Morgan fingerprint density at radius 3 is 2.78 bits per heavy atom. The van der Waals surface area contributed by atoms with Crippen LogP contribution in [0.2, 0.25) is 0 Å². The molecule has 0 aliphatic heterocycles. The zero-order chi connectivity index (χ0) is 13.1. The Morgan fingerprint density at radius 1 is 1.44 bits per heavy atom. The molecular weight excluding hydrogens is 226 g/mol. The van der Waals surface area contributed by atoms with Gasteiger partial charge in [-0.25, -0.2) is 4.98 Å². The summed E-state index contributed by atoms with van der Waals surface area (Å²) in [6.07, 6.45) is 1.73. The van der Waals surface area contributed by atoms with Gasteiger partial charge in [0.2, 0.25) is 0 Å². The Labute approximate surface area is 106 Å². The van der Waals surface area contributed by atoms with E-state index in [1.165, 1.54) is 6.92 Å². The second kappa shape index (κ2) is 4.84. The molecule has 1 heterocycles. The average Bonchev–Trinajstić information content (AvgIpc) is 2.72. The predicted octanol–water partition coefficient (Wildman–Crippen LogP) is 2.31. The number of imidazole rings is 1. The highest BCUT2D eigenvalue weighted by Crippen LogP contribution is 2.12. The number of rotatable bonds is 3. The van der Waals surface area contributed by atoms with Crippen molar-refractivity contribution in [1.29, 1.82) is 5.26 Å². The van der Waals surface area contributed by atoms with Crippen molar-refractivity contribution in [2.24, 2.45) is 0 Å². The number of benzene rings is 1. The van der Waals surface area contributed by atoms with Crippen LogP contribution in [0.25, 0.3) is 0 Å². The first-order valence-corrected chi connectivity index (χ1v) is 5.64. The quantitative estimate of drug-likeness (QED) is 0.772. The van der Waals surface area contributed by atoms with E-state index in [0.29, 0.717) is 17.8 Å². The van der Waals surface area contributed by atoms with Gasteiger partial charge in [0.25, 0.3) is 0 Å². The average molecular weight is 239 g/mol. The van der Waals surface area contributed by atoms with E-state index in [9.17, 15) is 4.79 Å². The summed E-state index contributed by atoms with van der Waals surface area (Å²) in [5.41, 5.74) is 2.03. The van der Waals surface area contributed by atoms with E-state index < -0.39 is 0 Å². The van der Waals surface area contributed by atoms with Gasteiger partial charge in [-0.05, 0) is 18.6 Å². The van der Waals surface area contributed by atoms with E-state index in [1.54, 1.807) is 12.3 Å². The second-order valence-corrected chi connectivity index (χ2v) is 4.13. The summed E-state index contributed by atoms with van der Waals surface area (Å²) < 4.78 is 1.88. The van der Waals surface area contributed by atoms with Gasteiger partial charge in [-0.3, -0.25) is 4.79 Å². The zero-order valence-electron chi connectivity index (χ0n) is 10.3. The summed E-state index contributed by atoms with van der Waals surface area (Å²) in [6, 6.07) is 9.59. The molecule has 0 radical (unpaired) electrons. The number of ketones is 1. The van der Waals surface area contributed by atoms with E-state index in [1.807, 2.05) is 29.7 Å². The summed E-state index contributed by atoms with van der Waals surface area (Å²) in [4.78, 5) is 15.5. The third kappa shape index (κ3) is 2.30. The minimum atomic E-state index is -0.0505. The van der Waals surface area contributed by atoms with Crippen LogP contribution in [0.3, 0.4) is 0 Å². The maximum Gasteiger partial charge on any atom is 0.179 e. The van der Waals surface area contributed by atoms with Gasteiger partial charge in [0.1, 0.15) is 11.5 Å². The molecule has 0 atom stereocenters. The van der Waals surface area contributed by atoms with Crippen LogP contribution in [0.1, 0.15) is 34.4 Å². The van der Waals surface area contributed by atoms with Crippen LogP contribution in [-0.2, 0) is 6.54 Å². The monoisotopic (exact) mass is 239 g/mol. The van der Waals surface area contributed by atoms with Crippen LogP contribution in [0.4, 0.5) is 0 Å². The molecule has 2 aromatic rings. The molecule has 18 heavy (non-hydrogen) atoms. The van der Waals surface area contributed by atoms with E-state index >= 15 is 0 Å². The van der Waals surface area contributed by atoms with Gasteiger partial charge < -0.3 is 4.57 Å². The maximum atomic E-state index is 11.3. The number of carbonyl (C=O) groups excluding carboxylic acids is 1. The van der Waals surface area contributed by atoms with Crippen LogP contribution in [-0.4, -0.2) is 15.3 Å². The third-order valence-electron chi connectivity index (χ3n) is 2.82. The molecule has 0 bridgehead atoms. The Hall–Kier alpha value is -2.41. The number of nitriles is 1. The molecule has 0 unspecified atom stereocenters. The Kier molecular flexibility index (Phi) is 3.24. The topological polar surface area (TPSA) is 58.7 Å². The first-order chi connectivity index (χ1) is 8.61. The number of hydrogen-bond acceptors (Lipinski definition) is 3. The van der Waals surface area contributed by atoms with Crippen molar-refractivity contribution in [3.05, 3.63) is 53.1 Å². The number of Topliss-reactive ketones (excluding diaryl/α,β-unsaturated/α-hetero) is 1. The molecule has 0 amide bonds. The summed E-state index contributed by atoms with van der Waals surface area (Å²) in [5, 5.41) is 9.03. The number of aryl methyl sites for hydroxylation is 1. The van der Waals surface area contributed by atoms with Crippen LogP contribution in [0.15, 0.2) is 30.5 Å². The number of nitrogens with zero attached hydrogens (tertiary/aromatic N) is 3.